The zero-order valence-corrected chi connectivity index (χ0v) is 12.8. The maximum absolute atomic E-state index is 12.3. The highest BCUT2D eigenvalue weighted by Crippen LogP contribution is 2.33. The van der Waals surface area contributed by atoms with Gasteiger partial charge in [0.25, 0.3) is 0 Å². The summed E-state index contributed by atoms with van der Waals surface area (Å²) in [6.07, 6.45) is 3.81. The fraction of sp³-hybridized carbons (Fsp3) is 0.562. The van der Waals surface area contributed by atoms with E-state index in [0.29, 0.717) is 12.8 Å². The van der Waals surface area contributed by atoms with Crippen molar-refractivity contribution in [3.63, 3.8) is 0 Å². The summed E-state index contributed by atoms with van der Waals surface area (Å²) in [5.41, 5.74) is 2.43. The number of ketones is 1. The smallest absolute Gasteiger partial charge is 0.150 e. The van der Waals surface area contributed by atoms with Crippen LogP contribution < -0.4 is 0 Å². The lowest BCUT2D eigenvalue weighted by Gasteiger charge is -2.24. The number of rotatable bonds is 6. The van der Waals surface area contributed by atoms with Crippen LogP contribution in [0.15, 0.2) is 24.3 Å². The molecular weight excluding hydrogens is 272 g/mol. The van der Waals surface area contributed by atoms with E-state index < -0.39 is 9.84 Å². The summed E-state index contributed by atoms with van der Waals surface area (Å²) in [6.45, 7) is 1.65. The van der Waals surface area contributed by atoms with Crippen LogP contribution in [0.1, 0.15) is 49.7 Å². The molecule has 0 heterocycles. The second-order valence-electron chi connectivity index (χ2n) is 5.45. The molecule has 3 nitrogen and oxygen atoms in total. The van der Waals surface area contributed by atoms with Gasteiger partial charge in [0.05, 0.1) is 5.75 Å². The molecule has 0 aliphatic heterocycles. The molecule has 1 atom stereocenters. The van der Waals surface area contributed by atoms with Gasteiger partial charge in [-0.25, -0.2) is 8.42 Å². The van der Waals surface area contributed by atoms with E-state index in [1.165, 1.54) is 5.56 Å². The Labute approximate surface area is 121 Å². The van der Waals surface area contributed by atoms with Crippen LogP contribution in [0, 0.1) is 0 Å². The highest BCUT2D eigenvalue weighted by molar-refractivity contribution is 7.91. The number of Topliss-reactive ketones (excluding diaryl/α,β-unsaturated/α-hetero) is 1. The fourth-order valence-electron chi connectivity index (χ4n) is 2.87. The van der Waals surface area contributed by atoms with Crippen LogP contribution in [0.25, 0.3) is 0 Å². The number of hydrogen-bond donors (Lipinski definition) is 0. The van der Waals surface area contributed by atoms with Crippen molar-refractivity contribution in [2.45, 2.75) is 44.9 Å². The van der Waals surface area contributed by atoms with Gasteiger partial charge in [-0.15, -0.1) is 0 Å². The lowest BCUT2D eigenvalue weighted by atomic mass is 9.79. The lowest BCUT2D eigenvalue weighted by molar-refractivity contribution is -0.120. The van der Waals surface area contributed by atoms with Gasteiger partial charge in [0, 0.05) is 18.1 Å². The Bertz CT molecular complexity index is 575. The predicted molar refractivity (Wildman–Crippen MR) is 80.7 cm³/mol. The Kier molecular flexibility index (Phi) is 4.97. The molecule has 4 heteroatoms. The molecule has 0 N–H and O–H groups in total. The Morgan fingerprint density at radius 3 is 2.80 bits per heavy atom. The van der Waals surface area contributed by atoms with Crippen molar-refractivity contribution < 1.29 is 13.2 Å². The van der Waals surface area contributed by atoms with Crippen molar-refractivity contribution >= 4 is 15.6 Å². The number of hydrogen-bond acceptors (Lipinski definition) is 3. The van der Waals surface area contributed by atoms with Crippen LogP contribution in [0.4, 0.5) is 0 Å². The Morgan fingerprint density at radius 1 is 1.30 bits per heavy atom. The Morgan fingerprint density at radius 2 is 2.05 bits per heavy atom. The molecule has 0 saturated carbocycles. The highest BCUT2D eigenvalue weighted by atomic mass is 32.2. The van der Waals surface area contributed by atoms with Gasteiger partial charge in [0.2, 0.25) is 0 Å². The van der Waals surface area contributed by atoms with E-state index >= 15 is 0 Å². The minimum Gasteiger partial charge on any atom is -0.299 e. The molecule has 1 aliphatic carbocycles. The number of carbonyl (C=O) groups excluding carboxylic acids is 1. The summed E-state index contributed by atoms with van der Waals surface area (Å²) in [7, 11) is -2.96. The summed E-state index contributed by atoms with van der Waals surface area (Å²) >= 11 is 0. The predicted octanol–water partition coefficient (Wildman–Crippen LogP) is 2.89. The normalized spacial score (nSPS) is 18.6. The van der Waals surface area contributed by atoms with Gasteiger partial charge < -0.3 is 0 Å². The molecule has 0 bridgehead atoms. The quantitative estimate of drug-likeness (QED) is 0.810. The average molecular weight is 294 g/mol. The minimum atomic E-state index is -2.96. The van der Waals surface area contributed by atoms with E-state index in [4.69, 9.17) is 0 Å². The third-order valence-electron chi connectivity index (χ3n) is 4.08. The molecule has 0 amide bonds. The third-order valence-corrected chi connectivity index (χ3v) is 5.87. The van der Waals surface area contributed by atoms with Gasteiger partial charge in [-0.2, -0.15) is 0 Å². The van der Waals surface area contributed by atoms with Gasteiger partial charge in [-0.1, -0.05) is 31.2 Å². The number of aryl methyl sites for hydroxylation is 1. The summed E-state index contributed by atoms with van der Waals surface area (Å²) in [5.74, 6) is 0.463. The van der Waals surface area contributed by atoms with Gasteiger partial charge in [-0.3, -0.25) is 4.79 Å². The van der Waals surface area contributed by atoms with E-state index in [9.17, 15) is 13.2 Å². The van der Waals surface area contributed by atoms with Crippen molar-refractivity contribution in [1.82, 2.24) is 0 Å². The highest BCUT2D eigenvalue weighted by Gasteiger charge is 2.25. The van der Waals surface area contributed by atoms with Crippen LogP contribution in [-0.4, -0.2) is 25.7 Å². The maximum Gasteiger partial charge on any atom is 0.150 e. The molecule has 0 spiro atoms. The SMILES string of the molecule is CCS(=O)(=O)CCCC(=O)C1CCCc2ccccc21. The fourth-order valence-corrected chi connectivity index (χ4v) is 3.75. The van der Waals surface area contributed by atoms with Gasteiger partial charge >= 0.3 is 0 Å². The molecule has 110 valence electrons. The molecular formula is C16H22O3S. The number of fused-ring (bicyclic) bond motifs is 1. The first-order chi connectivity index (χ1) is 9.53. The number of carbonyl (C=O) groups is 1. The Hall–Kier alpha value is -1.16. The molecule has 0 saturated heterocycles. The molecule has 20 heavy (non-hydrogen) atoms. The summed E-state index contributed by atoms with van der Waals surface area (Å²) < 4.78 is 22.9. The molecule has 1 aromatic rings. The molecule has 1 aromatic carbocycles. The van der Waals surface area contributed by atoms with Crippen LogP contribution in [-0.2, 0) is 21.1 Å². The van der Waals surface area contributed by atoms with E-state index in [-0.39, 0.29) is 23.2 Å². The maximum atomic E-state index is 12.3. The first-order valence-corrected chi connectivity index (χ1v) is 9.16. The average Bonchev–Trinajstić information content (AvgIpc) is 2.46. The van der Waals surface area contributed by atoms with Crippen LogP contribution >= 0.6 is 0 Å². The molecule has 1 aliphatic rings. The van der Waals surface area contributed by atoms with Crippen molar-refractivity contribution in [2.75, 3.05) is 11.5 Å². The Balaban J connectivity index is 1.97. The lowest BCUT2D eigenvalue weighted by Crippen LogP contribution is -2.19. The monoisotopic (exact) mass is 294 g/mol. The van der Waals surface area contributed by atoms with Gasteiger partial charge in [0.1, 0.15) is 15.6 Å². The first-order valence-electron chi connectivity index (χ1n) is 7.34. The van der Waals surface area contributed by atoms with Crippen LogP contribution in [0.3, 0.4) is 0 Å². The molecule has 2 rings (SSSR count). The molecule has 0 aromatic heterocycles. The summed E-state index contributed by atoms with van der Waals surface area (Å²) in [4.78, 5) is 12.3. The van der Waals surface area contributed by atoms with E-state index in [0.717, 1.165) is 24.8 Å². The second kappa shape index (κ2) is 6.53. The standard InChI is InChI=1S/C16H22O3S/c1-2-20(18,19)12-6-11-16(17)15-10-5-8-13-7-3-4-9-14(13)15/h3-4,7,9,15H,2,5-6,8,10-12H2,1H3. The molecule has 1 unspecified atom stereocenters. The second-order valence-corrected chi connectivity index (χ2v) is 7.92. The zero-order chi connectivity index (χ0) is 14.6. The van der Waals surface area contributed by atoms with Gasteiger partial charge in [0.15, 0.2) is 0 Å². The third kappa shape index (κ3) is 3.69. The zero-order valence-electron chi connectivity index (χ0n) is 12.0. The van der Waals surface area contributed by atoms with Crippen LogP contribution in [0.5, 0.6) is 0 Å². The first kappa shape index (κ1) is 15.2. The minimum absolute atomic E-state index is 0.0238. The van der Waals surface area contributed by atoms with Crippen molar-refractivity contribution in [3.05, 3.63) is 35.4 Å². The number of sulfone groups is 1. The molecule has 0 radical (unpaired) electrons. The van der Waals surface area contributed by atoms with Gasteiger partial charge in [-0.05, 0) is 36.8 Å². The largest absolute Gasteiger partial charge is 0.299 e. The summed E-state index contributed by atoms with van der Waals surface area (Å²) in [6, 6.07) is 8.13. The topological polar surface area (TPSA) is 51.2 Å². The summed E-state index contributed by atoms with van der Waals surface area (Å²) in [5, 5.41) is 0. The van der Waals surface area contributed by atoms with Crippen LogP contribution in [0.2, 0.25) is 0 Å². The van der Waals surface area contributed by atoms with E-state index in [2.05, 4.69) is 6.07 Å². The van der Waals surface area contributed by atoms with Crippen molar-refractivity contribution in [3.8, 4) is 0 Å². The van der Waals surface area contributed by atoms with E-state index in [1.54, 1.807) is 6.92 Å². The molecule has 0 fully saturated rings. The van der Waals surface area contributed by atoms with E-state index in [1.807, 2.05) is 18.2 Å². The van der Waals surface area contributed by atoms with Crippen molar-refractivity contribution in [1.29, 1.82) is 0 Å². The van der Waals surface area contributed by atoms with Crippen molar-refractivity contribution in [2.24, 2.45) is 0 Å². The number of benzene rings is 1.